The summed E-state index contributed by atoms with van der Waals surface area (Å²) in [6.45, 7) is 2.91. The number of aromatic nitrogens is 4. The first-order valence-corrected chi connectivity index (χ1v) is 5.81. The van der Waals surface area contributed by atoms with Crippen LogP contribution in [0.5, 0.6) is 5.88 Å². The number of aliphatic hydroxyl groups excluding tert-OH is 1. The van der Waals surface area contributed by atoms with Crippen LogP contribution in [0.1, 0.15) is 30.7 Å². The molecule has 2 heterocycles. The molecule has 18 heavy (non-hydrogen) atoms. The van der Waals surface area contributed by atoms with Gasteiger partial charge in [-0.2, -0.15) is 5.10 Å². The fraction of sp³-hybridized carbons (Fsp3) is 0.417. The minimum absolute atomic E-state index is 0.431. The molecule has 0 aliphatic heterocycles. The Labute approximate surface area is 105 Å². The van der Waals surface area contributed by atoms with E-state index < -0.39 is 6.10 Å². The molecule has 0 saturated heterocycles. The van der Waals surface area contributed by atoms with Gasteiger partial charge in [-0.05, 0) is 6.42 Å². The highest BCUT2D eigenvalue weighted by atomic mass is 16.5. The Bertz CT molecular complexity index is 512. The number of methoxy groups -OCH3 is 1. The number of hydrogen-bond acceptors (Lipinski definition) is 5. The number of aryl methyl sites for hydroxylation is 1. The lowest BCUT2D eigenvalue weighted by Gasteiger charge is -2.08. The molecule has 0 fully saturated rings. The van der Waals surface area contributed by atoms with Crippen molar-refractivity contribution in [3.63, 3.8) is 0 Å². The molecule has 0 saturated carbocycles. The molecular formula is C12H16N4O2. The monoisotopic (exact) mass is 248 g/mol. The van der Waals surface area contributed by atoms with Crippen molar-refractivity contribution in [2.45, 2.75) is 26.0 Å². The average molecular weight is 248 g/mol. The smallest absolute Gasteiger partial charge is 0.216 e. The van der Waals surface area contributed by atoms with Crippen molar-refractivity contribution < 1.29 is 9.84 Å². The van der Waals surface area contributed by atoms with Crippen molar-refractivity contribution in [2.24, 2.45) is 0 Å². The highest BCUT2D eigenvalue weighted by Gasteiger charge is 2.15. The van der Waals surface area contributed by atoms with Crippen molar-refractivity contribution in [1.82, 2.24) is 19.7 Å². The molecule has 2 aromatic rings. The Hall–Kier alpha value is -1.95. The molecule has 2 rings (SSSR count). The Morgan fingerprint density at radius 1 is 1.44 bits per heavy atom. The summed E-state index contributed by atoms with van der Waals surface area (Å²) in [6, 6.07) is 1.61. The zero-order valence-corrected chi connectivity index (χ0v) is 10.4. The first-order valence-electron chi connectivity index (χ1n) is 5.81. The van der Waals surface area contributed by atoms with Crippen LogP contribution in [0.4, 0.5) is 0 Å². The third-order valence-corrected chi connectivity index (χ3v) is 2.57. The van der Waals surface area contributed by atoms with E-state index in [2.05, 4.69) is 22.0 Å². The summed E-state index contributed by atoms with van der Waals surface area (Å²) in [5.41, 5.74) is 1.21. The van der Waals surface area contributed by atoms with Gasteiger partial charge in [0.05, 0.1) is 19.0 Å². The topological polar surface area (TPSA) is 73.1 Å². The molecule has 1 N–H and O–H groups in total. The van der Waals surface area contributed by atoms with Crippen LogP contribution in [-0.4, -0.2) is 32.0 Å². The zero-order valence-electron chi connectivity index (χ0n) is 10.4. The highest BCUT2D eigenvalue weighted by Crippen LogP contribution is 2.21. The summed E-state index contributed by atoms with van der Waals surface area (Å²) in [5, 5.41) is 14.4. The molecular weight excluding hydrogens is 232 g/mol. The van der Waals surface area contributed by atoms with E-state index in [4.69, 9.17) is 4.74 Å². The van der Waals surface area contributed by atoms with Gasteiger partial charge in [0, 0.05) is 24.4 Å². The second-order valence-electron chi connectivity index (χ2n) is 3.92. The van der Waals surface area contributed by atoms with E-state index in [1.54, 1.807) is 16.9 Å². The Balaban J connectivity index is 2.20. The van der Waals surface area contributed by atoms with Gasteiger partial charge in [-0.15, -0.1) is 0 Å². The lowest BCUT2D eigenvalue weighted by molar-refractivity contribution is 0.214. The fourth-order valence-electron chi connectivity index (χ4n) is 1.66. The summed E-state index contributed by atoms with van der Waals surface area (Å²) in [6.07, 6.45) is 5.02. The quantitative estimate of drug-likeness (QED) is 0.860. The van der Waals surface area contributed by atoms with Crippen molar-refractivity contribution in [1.29, 1.82) is 0 Å². The van der Waals surface area contributed by atoms with Crippen molar-refractivity contribution in [3.05, 3.63) is 36.0 Å². The number of rotatable bonds is 5. The molecule has 1 unspecified atom stereocenters. The molecule has 0 aliphatic rings. The van der Waals surface area contributed by atoms with E-state index in [0.717, 1.165) is 13.0 Å². The largest absolute Gasteiger partial charge is 0.481 e. The second-order valence-corrected chi connectivity index (χ2v) is 3.92. The van der Waals surface area contributed by atoms with E-state index in [-0.39, 0.29) is 0 Å². The molecule has 96 valence electrons. The zero-order chi connectivity index (χ0) is 13.0. The lowest BCUT2D eigenvalue weighted by atomic mass is 10.1. The molecule has 0 aliphatic carbocycles. The Morgan fingerprint density at radius 2 is 2.28 bits per heavy atom. The van der Waals surface area contributed by atoms with Crippen LogP contribution >= 0.6 is 0 Å². The number of hydrogen-bond donors (Lipinski definition) is 1. The molecule has 0 spiro atoms. The van der Waals surface area contributed by atoms with Gasteiger partial charge in [-0.25, -0.2) is 9.97 Å². The van der Waals surface area contributed by atoms with Gasteiger partial charge in [-0.3, -0.25) is 4.68 Å². The maximum absolute atomic E-state index is 10.2. The van der Waals surface area contributed by atoms with Gasteiger partial charge in [0.25, 0.3) is 0 Å². The normalized spacial score (nSPS) is 12.4. The van der Waals surface area contributed by atoms with E-state index in [0.29, 0.717) is 17.1 Å². The summed E-state index contributed by atoms with van der Waals surface area (Å²) < 4.78 is 6.80. The molecule has 0 aromatic carbocycles. The first kappa shape index (κ1) is 12.5. The minimum atomic E-state index is -0.812. The average Bonchev–Trinajstić information content (AvgIpc) is 2.87. The number of ether oxygens (including phenoxy) is 1. The minimum Gasteiger partial charge on any atom is -0.481 e. The maximum atomic E-state index is 10.2. The predicted molar refractivity (Wildman–Crippen MR) is 65.2 cm³/mol. The summed E-state index contributed by atoms with van der Waals surface area (Å²) in [5.74, 6) is 0.431. The van der Waals surface area contributed by atoms with Gasteiger partial charge in [-0.1, -0.05) is 6.92 Å². The van der Waals surface area contributed by atoms with Gasteiger partial charge < -0.3 is 9.84 Å². The van der Waals surface area contributed by atoms with Crippen LogP contribution in [0.3, 0.4) is 0 Å². The Kier molecular flexibility index (Phi) is 3.88. The maximum Gasteiger partial charge on any atom is 0.216 e. The molecule has 0 radical (unpaired) electrons. The first-order chi connectivity index (χ1) is 8.74. The lowest BCUT2D eigenvalue weighted by Crippen LogP contribution is -2.03. The van der Waals surface area contributed by atoms with E-state index in [1.165, 1.54) is 13.4 Å². The Morgan fingerprint density at radius 3 is 3.00 bits per heavy atom. The van der Waals surface area contributed by atoms with Gasteiger partial charge in [0.1, 0.15) is 12.4 Å². The van der Waals surface area contributed by atoms with Crippen molar-refractivity contribution in [2.75, 3.05) is 7.11 Å². The molecule has 6 nitrogen and oxygen atoms in total. The summed E-state index contributed by atoms with van der Waals surface area (Å²) in [4.78, 5) is 7.94. The van der Waals surface area contributed by atoms with Crippen molar-refractivity contribution in [3.8, 4) is 5.88 Å². The van der Waals surface area contributed by atoms with Gasteiger partial charge in [0.2, 0.25) is 5.88 Å². The second kappa shape index (κ2) is 5.59. The molecule has 6 heteroatoms. The van der Waals surface area contributed by atoms with E-state index >= 15 is 0 Å². The molecule has 0 bridgehead atoms. The summed E-state index contributed by atoms with van der Waals surface area (Å²) >= 11 is 0. The van der Waals surface area contributed by atoms with Crippen LogP contribution in [0, 0.1) is 0 Å². The van der Waals surface area contributed by atoms with Crippen LogP contribution < -0.4 is 4.74 Å². The third kappa shape index (κ3) is 2.65. The van der Waals surface area contributed by atoms with Crippen LogP contribution in [0.25, 0.3) is 0 Å². The highest BCUT2D eigenvalue weighted by molar-refractivity contribution is 5.24. The predicted octanol–water partition coefficient (Wildman–Crippen LogP) is 1.17. The fourth-order valence-corrected chi connectivity index (χ4v) is 1.66. The van der Waals surface area contributed by atoms with Crippen LogP contribution in [0.15, 0.2) is 24.8 Å². The standard InChI is InChI=1S/C12H16N4O2/c1-3-4-16-7-9(6-15-16)12(17)10-5-11(18-2)14-8-13-10/h5-8,12,17H,3-4H2,1-2H3. The molecule has 0 amide bonds. The molecule has 2 aromatic heterocycles. The van der Waals surface area contributed by atoms with Crippen LogP contribution in [-0.2, 0) is 6.54 Å². The SMILES string of the molecule is CCCn1cc(C(O)c2cc(OC)ncn2)cn1. The van der Waals surface area contributed by atoms with E-state index in [1.807, 2.05) is 6.20 Å². The summed E-state index contributed by atoms with van der Waals surface area (Å²) in [7, 11) is 1.53. The number of aliphatic hydroxyl groups is 1. The third-order valence-electron chi connectivity index (χ3n) is 2.57. The van der Waals surface area contributed by atoms with E-state index in [9.17, 15) is 5.11 Å². The molecule has 1 atom stereocenters. The van der Waals surface area contributed by atoms with Gasteiger partial charge in [0.15, 0.2) is 0 Å². The van der Waals surface area contributed by atoms with Gasteiger partial charge >= 0.3 is 0 Å². The number of nitrogens with zero attached hydrogens (tertiary/aromatic N) is 4. The van der Waals surface area contributed by atoms with Crippen LogP contribution in [0.2, 0.25) is 0 Å². The van der Waals surface area contributed by atoms with Crippen molar-refractivity contribution >= 4 is 0 Å².